The number of hydrogen-bond donors (Lipinski definition) is 1. The SMILES string of the molecule is CC1(C)CN(Cc2ccc(-c3cccc([C@H]4CCC(=O)NC4=O)c3Cl)cc2)C(=O)CO1. The van der Waals surface area contributed by atoms with Crippen molar-refractivity contribution in [1.82, 2.24) is 10.2 Å². The molecule has 0 aliphatic carbocycles. The van der Waals surface area contributed by atoms with Crippen LogP contribution in [-0.4, -0.2) is 41.4 Å². The van der Waals surface area contributed by atoms with Gasteiger partial charge in [-0.25, -0.2) is 0 Å². The van der Waals surface area contributed by atoms with Gasteiger partial charge in [-0.05, 0) is 37.0 Å². The normalized spacial score (nSPS) is 21.2. The monoisotopic (exact) mass is 440 g/mol. The molecule has 7 heteroatoms. The Hall–Kier alpha value is -2.70. The van der Waals surface area contributed by atoms with Crippen molar-refractivity contribution in [2.24, 2.45) is 0 Å². The Morgan fingerprint density at radius 3 is 2.58 bits per heavy atom. The quantitative estimate of drug-likeness (QED) is 0.736. The molecule has 0 saturated carbocycles. The van der Waals surface area contributed by atoms with E-state index in [4.69, 9.17) is 16.3 Å². The number of imide groups is 1. The molecule has 0 unspecified atom stereocenters. The number of amides is 3. The fourth-order valence-electron chi connectivity index (χ4n) is 4.13. The summed E-state index contributed by atoms with van der Waals surface area (Å²) in [5.41, 5.74) is 3.16. The maximum absolute atomic E-state index is 12.3. The number of nitrogens with zero attached hydrogens (tertiary/aromatic N) is 1. The topological polar surface area (TPSA) is 75.7 Å². The molecule has 4 rings (SSSR count). The zero-order chi connectivity index (χ0) is 22.2. The third-order valence-corrected chi connectivity index (χ3v) is 6.21. The molecule has 0 radical (unpaired) electrons. The number of morpholine rings is 1. The van der Waals surface area contributed by atoms with Crippen molar-refractivity contribution in [3.05, 3.63) is 58.6 Å². The van der Waals surface area contributed by atoms with Crippen molar-refractivity contribution in [3.63, 3.8) is 0 Å². The van der Waals surface area contributed by atoms with Crippen LogP contribution in [0.2, 0.25) is 5.02 Å². The van der Waals surface area contributed by atoms with Crippen LogP contribution in [0.4, 0.5) is 0 Å². The summed E-state index contributed by atoms with van der Waals surface area (Å²) < 4.78 is 5.56. The lowest BCUT2D eigenvalue weighted by atomic mass is 9.88. The van der Waals surface area contributed by atoms with Gasteiger partial charge in [-0.3, -0.25) is 19.7 Å². The lowest BCUT2D eigenvalue weighted by Gasteiger charge is -2.37. The summed E-state index contributed by atoms with van der Waals surface area (Å²) in [5.74, 6) is -0.987. The molecule has 2 saturated heterocycles. The first-order chi connectivity index (χ1) is 14.7. The van der Waals surface area contributed by atoms with E-state index < -0.39 is 5.92 Å². The van der Waals surface area contributed by atoms with Crippen LogP contribution in [0.5, 0.6) is 0 Å². The Morgan fingerprint density at radius 2 is 1.87 bits per heavy atom. The average molecular weight is 441 g/mol. The van der Waals surface area contributed by atoms with Crippen molar-refractivity contribution in [1.29, 1.82) is 0 Å². The predicted molar refractivity (Wildman–Crippen MR) is 117 cm³/mol. The van der Waals surface area contributed by atoms with E-state index in [1.807, 2.05) is 61.2 Å². The minimum Gasteiger partial charge on any atom is -0.364 e. The third kappa shape index (κ3) is 4.65. The highest BCUT2D eigenvalue weighted by Gasteiger charge is 2.32. The number of piperidine rings is 1. The van der Waals surface area contributed by atoms with E-state index in [1.54, 1.807) is 0 Å². The second-order valence-corrected chi connectivity index (χ2v) is 9.09. The van der Waals surface area contributed by atoms with E-state index in [1.165, 1.54) is 0 Å². The summed E-state index contributed by atoms with van der Waals surface area (Å²) in [6.07, 6.45) is 0.763. The van der Waals surface area contributed by atoms with E-state index in [0.29, 0.717) is 31.0 Å². The van der Waals surface area contributed by atoms with Gasteiger partial charge >= 0.3 is 0 Å². The van der Waals surface area contributed by atoms with Crippen molar-refractivity contribution >= 4 is 29.3 Å². The van der Waals surface area contributed by atoms with E-state index in [9.17, 15) is 14.4 Å². The highest BCUT2D eigenvalue weighted by Crippen LogP contribution is 2.37. The van der Waals surface area contributed by atoms with Crippen LogP contribution in [0.1, 0.15) is 43.7 Å². The fraction of sp³-hybridized carbons (Fsp3) is 0.375. The lowest BCUT2D eigenvalue weighted by molar-refractivity contribution is -0.159. The number of rotatable bonds is 4. The number of hydrogen-bond acceptors (Lipinski definition) is 4. The molecule has 0 bridgehead atoms. The Morgan fingerprint density at radius 1 is 1.13 bits per heavy atom. The first kappa shape index (κ1) is 21.5. The van der Waals surface area contributed by atoms with Gasteiger partial charge in [-0.15, -0.1) is 0 Å². The maximum Gasteiger partial charge on any atom is 0.248 e. The molecule has 2 heterocycles. The first-order valence-electron chi connectivity index (χ1n) is 10.4. The van der Waals surface area contributed by atoms with Crippen molar-refractivity contribution < 1.29 is 19.1 Å². The zero-order valence-corrected chi connectivity index (χ0v) is 18.4. The third-order valence-electron chi connectivity index (χ3n) is 5.79. The first-order valence-corrected chi connectivity index (χ1v) is 10.7. The zero-order valence-electron chi connectivity index (χ0n) is 17.6. The standard InChI is InChI=1S/C24H25ClN2O4/c1-24(2)14-27(21(29)13-31-24)12-15-6-8-16(9-7-15)17-4-3-5-18(22(17)25)19-10-11-20(28)26-23(19)30/h3-9,19H,10-14H2,1-2H3,(H,26,28,30)/t19-/m1/s1. The van der Waals surface area contributed by atoms with Gasteiger partial charge in [0.1, 0.15) is 6.61 Å². The molecule has 0 aromatic heterocycles. The Bertz CT molecular complexity index is 1030. The molecule has 2 aromatic carbocycles. The highest BCUT2D eigenvalue weighted by molar-refractivity contribution is 6.34. The summed E-state index contributed by atoms with van der Waals surface area (Å²) in [4.78, 5) is 37.7. The molecule has 1 N–H and O–H groups in total. The van der Waals surface area contributed by atoms with Crippen LogP contribution in [0.25, 0.3) is 11.1 Å². The van der Waals surface area contributed by atoms with Gasteiger partial charge in [-0.1, -0.05) is 54.1 Å². The molecular formula is C24H25ClN2O4. The minimum atomic E-state index is -0.430. The van der Waals surface area contributed by atoms with Crippen LogP contribution in [0.3, 0.4) is 0 Å². The molecule has 2 fully saturated rings. The molecule has 2 aliphatic heterocycles. The van der Waals surface area contributed by atoms with Crippen LogP contribution in [0, 0.1) is 0 Å². The van der Waals surface area contributed by atoms with Crippen LogP contribution >= 0.6 is 11.6 Å². The van der Waals surface area contributed by atoms with Gasteiger partial charge in [0, 0.05) is 25.1 Å². The summed E-state index contributed by atoms with van der Waals surface area (Å²) in [6, 6.07) is 13.6. The van der Waals surface area contributed by atoms with Gasteiger partial charge in [-0.2, -0.15) is 0 Å². The van der Waals surface area contributed by atoms with Crippen molar-refractivity contribution in [2.45, 2.75) is 44.8 Å². The van der Waals surface area contributed by atoms with Crippen molar-refractivity contribution in [3.8, 4) is 11.1 Å². The Kier molecular flexibility index (Phi) is 5.86. The van der Waals surface area contributed by atoms with Gasteiger partial charge < -0.3 is 9.64 Å². The highest BCUT2D eigenvalue weighted by atomic mass is 35.5. The molecule has 31 heavy (non-hydrogen) atoms. The van der Waals surface area contributed by atoms with E-state index in [0.717, 1.165) is 22.3 Å². The molecule has 6 nitrogen and oxygen atoms in total. The van der Waals surface area contributed by atoms with E-state index >= 15 is 0 Å². The number of nitrogens with one attached hydrogen (secondary N) is 1. The van der Waals surface area contributed by atoms with E-state index in [2.05, 4.69) is 5.32 Å². The number of carbonyl (C=O) groups excluding carboxylic acids is 3. The second kappa shape index (κ2) is 8.44. The summed E-state index contributed by atoms with van der Waals surface area (Å²) in [7, 11) is 0. The fourth-order valence-corrected chi connectivity index (χ4v) is 4.50. The summed E-state index contributed by atoms with van der Waals surface area (Å²) in [6.45, 7) is 5.14. The van der Waals surface area contributed by atoms with Crippen molar-refractivity contribution in [2.75, 3.05) is 13.2 Å². The molecule has 0 spiro atoms. The minimum absolute atomic E-state index is 0.0108. The largest absolute Gasteiger partial charge is 0.364 e. The number of carbonyl (C=O) groups is 3. The Balaban J connectivity index is 1.54. The lowest BCUT2D eigenvalue weighted by Crippen LogP contribution is -2.51. The predicted octanol–water partition coefficient (Wildman–Crippen LogP) is 3.66. The van der Waals surface area contributed by atoms with Gasteiger partial charge in [0.25, 0.3) is 0 Å². The number of ether oxygens (including phenoxy) is 1. The average Bonchev–Trinajstić information content (AvgIpc) is 2.72. The summed E-state index contributed by atoms with van der Waals surface area (Å²) >= 11 is 6.69. The molecule has 2 aromatic rings. The number of halogens is 1. The van der Waals surface area contributed by atoms with Crippen LogP contribution in [-0.2, 0) is 25.7 Å². The Labute approximate surface area is 186 Å². The maximum atomic E-state index is 12.3. The number of benzene rings is 2. The molecule has 2 aliphatic rings. The van der Waals surface area contributed by atoms with Crippen LogP contribution < -0.4 is 5.32 Å². The van der Waals surface area contributed by atoms with Gasteiger partial charge in [0.15, 0.2) is 0 Å². The second-order valence-electron chi connectivity index (χ2n) is 8.71. The van der Waals surface area contributed by atoms with Gasteiger partial charge in [0.2, 0.25) is 17.7 Å². The smallest absolute Gasteiger partial charge is 0.248 e. The summed E-state index contributed by atoms with van der Waals surface area (Å²) in [5, 5.41) is 2.92. The van der Waals surface area contributed by atoms with Gasteiger partial charge in [0.05, 0.1) is 16.5 Å². The van der Waals surface area contributed by atoms with E-state index in [-0.39, 0.29) is 29.9 Å². The molecule has 162 valence electrons. The molecular weight excluding hydrogens is 416 g/mol. The molecule has 1 atom stereocenters. The molecule has 3 amide bonds. The van der Waals surface area contributed by atoms with Crippen LogP contribution in [0.15, 0.2) is 42.5 Å².